The predicted molar refractivity (Wildman–Crippen MR) is 36.1 cm³/mol. The molecule has 0 aromatic heterocycles. The topological polar surface area (TPSA) is 35.2 Å². The second kappa shape index (κ2) is 1.87. The van der Waals surface area contributed by atoms with Gasteiger partial charge in [0.25, 0.3) is 0 Å². The number of nitrogens with two attached hydrogens (primary N) is 1. The average molecular weight is 213 g/mol. The highest BCUT2D eigenvalue weighted by Gasteiger charge is 2.38. The zero-order valence-electron chi connectivity index (χ0n) is 3.98. The number of hydrogen-bond donors (Lipinski definition) is 1. The minimum atomic E-state index is 0.0706. The summed E-state index contributed by atoms with van der Waals surface area (Å²) in [5.41, 5.74) is 5.70. The fourth-order valence-electron chi connectivity index (χ4n) is 0.414. The van der Waals surface area contributed by atoms with E-state index < -0.39 is 0 Å². The summed E-state index contributed by atoms with van der Waals surface area (Å²) in [7, 11) is 0. The van der Waals surface area contributed by atoms with Crippen molar-refractivity contribution in [1.82, 2.24) is 0 Å². The highest BCUT2D eigenvalue weighted by Crippen LogP contribution is 2.32. The Morgan fingerprint density at radius 1 is 1.71 bits per heavy atom. The Morgan fingerprint density at radius 2 is 2.29 bits per heavy atom. The van der Waals surface area contributed by atoms with Crippen molar-refractivity contribution >= 4 is 23.0 Å². The van der Waals surface area contributed by atoms with Crippen LogP contribution in [0.3, 0.4) is 0 Å². The van der Waals surface area contributed by atoms with Gasteiger partial charge in [-0.05, 0) is 12.8 Å². The quantitative estimate of drug-likeness (QED) is 0.690. The van der Waals surface area contributed by atoms with Crippen LogP contribution in [-0.2, 0) is 3.07 Å². The minimum Gasteiger partial charge on any atom is -0.323 e. The summed E-state index contributed by atoms with van der Waals surface area (Å²) in [6.45, 7) is 0.716. The van der Waals surface area contributed by atoms with Gasteiger partial charge < -0.3 is 8.80 Å². The minimum absolute atomic E-state index is 0.0706. The lowest BCUT2D eigenvalue weighted by atomic mass is 10.3. The van der Waals surface area contributed by atoms with E-state index in [2.05, 4.69) is 0 Å². The molecule has 0 amide bonds. The third-order valence-electron chi connectivity index (χ3n) is 1.23. The SMILES string of the molecule is NC1(COI)CC1. The highest BCUT2D eigenvalue weighted by atomic mass is 127. The average Bonchev–Trinajstić information content (AvgIpc) is 2.22. The lowest BCUT2D eigenvalue weighted by Crippen LogP contribution is -2.26. The number of rotatable bonds is 2. The van der Waals surface area contributed by atoms with Crippen molar-refractivity contribution in [2.75, 3.05) is 6.61 Å². The zero-order valence-corrected chi connectivity index (χ0v) is 6.14. The first-order valence-corrected chi connectivity index (χ1v) is 3.17. The van der Waals surface area contributed by atoms with Gasteiger partial charge in [-0.2, -0.15) is 0 Å². The van der Waals surface area contributed by atoms with Gasteiger partial charge in [0, 0.05) is 5.54 Å². The Bertz CT molecular complexity index is 72.1. The maximum Gasteiger partial charge on any atom is 0.109 e. The van der Waals surface area contributed by atoms with Crippen LogP contribution in [0.4, 0.5) is 0 Å². The molecular formula is C4H8INO. The molecule has 1 fully saturated rings. The van der Waals surface area contributed by atoms with Gasteiger partial charge in [-0.3, -0.25) is 0 Å². The van der Waals surface area contributed by atoms with Gasteiger partial charge in [0.1, 0.15) is 23.0 Å². The van der Waals surface area contributed by atoms with Crippen molar-refractivity contribution in [1.29, 1.82) is 0 Å². The molecule has 0 saturated heterocycles. The van der Waals surface area contributed by atoms with Crippen LogP contribution in [0.25, 0.3) is 0 Å². The first-order chi connectivity index (χ1) is 3.27. The normalized spacial score (nSPS) is 24.9. The molecule has 0 bridgehead atoms. The number of hydrogen-bond acceptors (Lipinski definition) is 2. The van der Waals surface area contributed by atoms with Gasteiger partial charge >= 0.3 is 0 Å². The Balaban J connectivity index is 2.13. The molecule has 0 unspecified atom stereocenters. The Hall–Kier alpha value is 0.650. The lowest BCUT2D eigenvalue weighted by molar-refractivity contribution is 0.368. The van der Waals surface area contributed by atoms with Crippen LogP contribution in [0.2, 0.25) is 0 Å². The maximum absolute atomic E-state index is 5.63. The van der Waals surface area contributed by atoms with Gasteiger partial charge in [-0.25, -0.2) is 0 Å². The van der Waals surface area contributed by atoms with Crippen LogP contribution >= 0.6 is 23.0 Å². The molecule has 0 aromatic carbocycles. The van der Waals surface area contributed by atoms with Crippen molar-refractivity contribution in [3.05, 3.63) is 0 Å². The number of halogens is 1. The molecule has 0 radical (unpaired) electrons. The largest absolute Gasteiger partial charge is 0.323 e. The molecule has 1 rings (SSSR count). The van der Waals surface area contributed by atoms with E-state index in [1.807, 2.05) is 23.0 Å². The highest BCUT2D eigenvalue weighted by molar-refractivity contribution is 14.1. The second-order valence-electron chi connectivity index (χ2n) is 2.12. The van der Waals surface area contributed by atoms with E-state index in [1.54, 1.807) is 0 Å². The fourth-order valence-corrected chi connectivity index (χ4v) is 1.03. The van der Waals surface area contributed by atoms with Crippen LogP contribution in [0.5, 0.6) is 0 Å². The molecule has 0 aliphatic heterocycles. The summed E-state index contributed by atoms with van der Waals surface area (Å²) in [5, 5.41) is 0. The third-order valence-corrected chi connectivity index (χ3v) is 1.55. The van der Waals surface area contributed by atoms with Crippen molar-refractivity contribution in [2.24, 2.45) is 5.73 Å². The molecule has 1 aliphatic rings. The van der Waals surface area contributed by atoms with Crippen molar-refractivity contribution < 1.29 is 3.07 Å². The van der Waals surface area contributed by atoms with Gasteiger partial charge in [0.15, 0.2) is 0 Å². The summed E-state index contributed by atoms with van der Waals surface area (Å²) in [4.78, 5) is 0. The summed E-state index contributed by atoms with van der Waals surface area (Å²) in [6.07, 6.45) is 2.27. The zero-order chi connectivity index (χ0) is 5.33. The van der Waals surface area contributed by atoms with E-state index in [-0.39, 0.29) is 5.54 Å². The van der Waals surface area contributed by atoms with Crippen molar-refractivity contribution in [3.8, 4) is 0 Å². The molecule has 1 saturated carbocycles. The van der Waals surface area contributed by atoms with Crippen LogP contribution in [0.1, 0.15) is 12.8 Å². The molecular weight excluding hydrogens is 205 g/mol. The van der Waals surface area contributed by atoms with E-state index in [0.717, 1.165) is 12.8 Å². The van der Waals surface area contributed by atoms with E-state index in [4.69, 9.17) is 8.80 Å². The molecule has 7 heavy (non-hydrogen) atoms. The molecule has 3 heteroatoms. The Labute approximate surface area is 57.1 Å². The van der Waals surface area contributed by atoms with Crippen LogP contribution < -0.4 is 5.73 Å². The fraction of sp³-hybridized carbons (Fsp3) is 1.00. The van der Waals surface area contributed by atoms with Crippen LogP contribution in [-0.4, -0.2) is 12.1 Å². The van der Waals surface area contributed by atoms with Crippen molar-refractivity contribution in [3.63, 3.8) is 0 Å². The monoisotopic (exact) mass is 213 g/mol. The van der Waals surface area contributed by atoms with Gasteiger partial charge in [-0.15, -0.1) is 0 Å². The van der Waals surface area contributed by atoms with Crippen LogP contribution in [0, 0.1) is 0 Å². The second-order valence-corrected chi connectivity index (χ2v) is 2.74. The summed E-state index contributed by atoms with van der Waals surface area (Å²) in [5.74, 6) is 0. The van der Waals surface area contributed by atoms with Gasteiger partial charge in [-0.1, -0.05) is 0 Å². The van der Waals surface area contributed by atoms with E-state index in [1.165, 1.54) is 0 Å². The Morgan fingerprint density at radius 3 is 2.43 bits per heavy atom. The van der Waals surface area contributed by atoms with E-state index in [9.17, 15) is 0 Å². The third kappa shape index (κ3) is 1.54. The maximum atomic E-state index is 5.63. The standard InChI is InChI=1S/C4H8INO/c5-7-3-4(6)1-2-4/h1-3,6H2. The summed E-state index contributed by atoms with van der Waals surface area (Å²) in [6, 6.07) is 0. The van der Waals surface area contributed by atoms with Crippen LogP contribution in [0.15, 0.2) is 0 Å². The molecule has 42 valence electrons. The first-order valence-electron chi connectivity index (χ1n) is 2.29. The molecule has 1 aliphatic carbocycles. The van der Waals surface area contributed by atoms with Crippen molar-refractivity contribution in [2.45, 2.75) is 18.4 Å². The summed E-state index contributed by atoms with van der Waals surface area (Å²) >= 11 is 1.87. The lowest BCUT2D eigenvalue weighted by Gasteiger charge is -2.01. The first kappa shape index (κ1) is 5.78. The molecule has 0 aromatic rings. The molecule has 0 heterocycles. The smallest absolute Gasteiger partial charge is 0.109 e. The van der Waals surface area contributed by atoms with E-state index >= 15 is 0 Å². The molecule has 0 atom stereocenters. The molecule has 2 nitrogen and oxygen atoms in total. The van der Waals surface area contributed by atoms with Gasteiger partial charge in [0.2, 0.25) is 0 Å². The molecule has 2 N–H and O–H groups in total. The Kier molecular flexibility index (Phi) is 1.55. The van der Waals surface area contributed by atoms with Gasteiger partial charge in [0.05, 0.1) is 6.61 Å². The predicted octanol–water partition coefficient (Wildman–Crippen LogP) is 0.844. The summed E-state index contributed by atoms with van der Waals surface area (Å²) < 4.78 is 4.81. The van der Waals surface area contributed by atoms with E-state index in [0.29, 0.717) is 6.61 Å². The molecule has 0 spiro atoms.